The largest absolute Gasteiger partial charge is 0.643 e. The van der Waals surface area contributed by atoms with Crippen molar-refractivity contribution in [2.75, 3.05) is 0 Å². The van der Waals surface area contributed by atoms with E-state index in [0.29, 0.717) is 0 Å². The monoisotopic (exact) mass is 1320 g/mol. The van der Waals surface area contributed by atoms with Gasteiger partial charge in [-0.15, -0.1) is 0 Å². The molecule has 15 nitrogen and oxygen atoms in total. The van der Waals surface area contributed by atoms with Gasteiger partial charge in [-0.1, -0.05) is 50.0 Å². The van der Waals surface area contributed by atoms with E-state index in [2.05, 4.69) is 222 Å². The minimum atomic E-state index is -4.19. The Balaban J connectivity index is 0.00000100. The van der Waals surface area contributed by atoms with E-state index in [9.17, 15) is 0 Å². The van der Waals surface area contributed by atoms with Gasteiger partial charge in [-0.2, -0.15) is 0 Å². The molecule has 2 rings (SSSR count). The van der Waals surface area contributed by atoms with Gasteiger partial charge in [0.05, 0.1) is 7.59 Å². The number of rotatable bonds is 28. The second-order valence-corrected chi connectivity index (χ2v) is 105. The molecule has 0 radical (unpaired) electrons. The zero-order valence-corrected chi connectivity index (χ0v) is 70.0. The predicted molar refractivity (Wildman–Crippen MR) is 345 cm³/mol. The Morgan fingerprint density at radius 2 is 0.589 bits per heavy atom. The summed E-state index contributed by atoms with van der Waals surface area (Å²) in [5.74, 6) is 0. The van der Waals surface area contributed by atoms with E-state index in [-0.39, 0.29) is 0 Å². The van der Waals surface area contributed by atoms with Crippen LogP contribution >= 0.6 is 0 Å². The maximum atomic E-state index is 7.48. The lowest BCUT2D eigenvalue weighted by Crippen LogP contribution is -2.79. The third-order valence-electron chi connectivity index (χ3n) is 8.90. The second kappa shape index (κ2) is 24.6. The topological polar surface area (TPSA) is 138 Å². The Kier molecular flexibility index (Phi) is 24.7. The Morgan fingerprint density at radius 1 is 0.315 bits per heavy atom. The number of hydrogen-bond donors (Lipinski definition) is 0. The summed E-state index contributed by atoms with van der Waals surface area (Å²) in [6.07, 6.45) is 0. The molecule has 0 amide bonds. The number of hydrogen-bond acceptors (Lipinski definition) is 15. The van der Waals surface area contributed by atoms with Crippen LogP contribution in [0.4, 0.5) is 0 Å². The molecule has 0 N–H and O–H groups in total. The standard InChI is InChI=1S/C26H78O12Si13.C15H32O3Si4/c1-39(2,3)27-49(28-40(4,5)6,29-41(7,8)9)36-48(26,38-51(32-44(16,17)18)33-46(22,23)34-51)37-50(30-42(10,11)12,31-43(13,14)15)35-47(24,25)45(19,20)21;1-19(2,3)16-22(17-20(4,5)6,18-21(7,8)9)15-13-11-10-12-14-15/h1-26H3;10-14H,1-9H3. The van der Waals surface area contributed by atoms with E-state index < -0.39 is 144 Å². The minimum Gasteiger partial charge on any atom is -0.414 e. The van der Waals surface area contributed by atoms with Gasteiger partial charge in [0.2, 0.25) is 0 Å². The van der Waals surface area contributed by atoms with Crippen LogP contribution in [0.15, 0.2) is 30.3 Å². The van der Waals surface area contributed by atoms with Gasteiger partial charge >= 0.3 is 53.3 Å². The molecule has 1 unspecified atom stereocenters. The van der Waals surface area contributed by atoms with E-state index in [0.717, 1.165) is 5.19 Å². The first-order chi connectivity index (χ1) is 31.5. The Morgan fingerprint density at radius 3 is 0.822 bits per heavy atom. The highest BCUT2D eigenvalue weighted by molar-refractivity contribution is 7.38. The minimum absolute atomic E-state index is 1.10. The van der Waals surface area contributed by atoms with Gasteiger partial charge in [-0.05, 0) is 203 Å². The first-order valence-electron chi connectivity index (χ1n) is 26.0. The fourth-order valence-electron chi connectivity index (χ4n) is 6.51. The lowest BCUT2D eigenvalue weighted by Gasteiger charge is -2.53. The molecule has 0 spiro atoms. The highest BCUT2D eigenvalue weighted by atomic mass is 29.3. The molecule has 1 heterocycles. The quantitative estimate of drug-likeness (QED) is 0.0735. The molecule has 0 aromatic heterocycles. The van der Waals surface area contributed by atoms with Crippen molar-refractivity contribution in [3.05, 3.63) is 30.3 Å². The Hall–Kier alpha value is 2.31. The highest BCUT2D eigenvalue weighted by Gasteiger charge is 2.73. The van der Waals surface area contributed by atoms with E-state index >= 15 is 0 Å². The fraction of sp³-hybridized carbons (Fsp3) is 0.854. The van der Waals surface area contributed by atoms with Gasteiger partial charge in [0.1, 0.15) is 0 Å². The zero-order valence-electron chi connectivity index (χ0n) is 53.0. The SMILES string of the molecule is C[Si](C)(C)O[Si](O[Si](C)(C)C)(O[Si](C)(C)C)O[Si](C)(O[Si]1(O[Si](C)(C)C)O[Si](C)(C)O1)O[Si](O[Si](C)(C)C)(O[Si](C)(C)C)O[Si](C)(C)[Si](C)(C)C.C[Si](C)(C)O[Si](O[Si](C)(C)C)(O[Si](C)(C)C)c1ccccc1. The van der Waals surface area contributed by atoms with Crippen LogP contribution in [0.1, 0.15) is 0 Å². The zero-order chi connectivity index (χ0) is 58.2. The Bertz CT molecular complexity index is 1780. The molecule has 432 valence electrons. The van der Waals surface area contributed by atoms with Crippen molar-refractivity contribution < 1.29 is 61.7 Å². The molecule has 1 aromatic rings. The highest BCUT2D eigenvalue weighted by Crippen LogP contribution is 2.42. The smallest absolute Gasteiger partial charge is 0.414 e. The molecule has 1 aliphatic heterocycles. The van der Waals surface area contributed by atoms with Crippen LogP contribution in [0.3, 0.4) is 0 Å². The molecule has 73 heavy (non-hydrogen) atoms. The van der Waals surface area contributed by atoms with E-state index in [1.165, 1.54) is 0 Å². The third kappa shape index (κ3) is 29.2. The van der Waals surface area contributed by atoms with Gasteiger partial charge in [0, 0.05) is 11.7 Å². The summed E-state index contributed by atoms with van der Waals surface area (Å²) in [5.41, 5.74) is 0. The van der Waals surface area contributed by atoms with E-state index in [1.54, 1.807) is 0 Å². The van der Waals surface area contributed by atoms with Crippen molar-refractivity contribution in [1.29, 1.82) is 0 Å². The third-order valence-corrected chi connectivity index (χ3v) is 73.0. The average molecular weight is 1320 g/mol. The van der Waals surface area contributed by atoms with Crippen molar-refractivity contribution in [1.82, 2.24) is 0 Å². The van der Waals surface area contributed by atoms with Crippen molar-refractivity contribution in [3.63, 3.8) is 0 Å². The van der Waals surface area contributed by atoms with Crippen molar-refractivity contribution in [2.45, 2.75) is 229 Å². The van der Waals surface area contributed by atoms with E-state index in [1.807, 2.05) is 37.8 Å². The van der Waals surface area contributed by atoms with Crippen LogP contribution in [0, 0.1) is 0 Å². The van der Waals surface area contributed by atoms with Crippen LogP contribution < -0.4 is 5.19 Å². The van der Waals surface area contributed by atoms with Crippen LogP contribution in [-0.4, -0.2) is 144 Å². The lowest BCUT2D eigenvalue weighted by molar-refractivity contribution is 0.0163. The maximum absolute atomic E-state index is 7.48. The molecular formula is C41H110O15Si17. The van der Waals surface area contributed by atoms with Crippen LogP contribution in [-0.2, 0) is 61.7 Å². The van der Waals surface area contributed by atoms with Gasteiger partial charge < -0.3 is 61.7 Å². The van der Waals surface area contributed by atoms with Gasteiger partial charge in [-0.3, -0.25) is 0 Å². The molecule has 1 fully saturated rings. The maximum Gasteiger partial charge on any atom is 0.643 e. The van der Waals surface area contributed by atoms with Crippen LogP contribution in [0.2, 0.25) is 229 Å². The summed E-state index contributed by atoms with van der Waals surface area (Å²) >= 11 is 0. The molecule has 1 aliphatic rings. The van der Waals surface area contributed by atoms with Crippen molar-refractivity contribution in [2.24, 2.45) is 0 Å². The van der Waals surface area contributed by atoms with Gasteiger partial charge in [0.25, 0.3) is 0 Å². The first-order valence-corrected chi connectivity index (χ1v) is 75.8. The van der Waals surface area contributed by atoms with Crippen LogP contribution in [0.25, 0.3) is 0 Å². The molecule has 0 bridgehead atoms. The summed E-state index contributed by atoms with van der Waals surface area (Å²) in [6.45, 7) is 75.3. The lowest BCUT2D eigenvalue weighted by atomic mass is 10.4. The Labute approximate surface area is 466 Å². The summed E-state index contributed by atoms with van der Waals surface area (Å²) in [7, 11) is -45.7. The van der Waals surface area contributed by atoms with Gasteiger partial charge in [-0.25, -0.2) is 0 Å². The molecule has 1 aromatic carbocycles. The van der Waals surface area contributed by atoms with E-state index in [4.69, 9.17) is 61.7 Å². The van der Waals surface area contributed by atoms with Crippen LogP contribution in [0.5, 0.6) is 0 Å². The predicted octanol–water partition coefficient (Wildman–Crippen LogP) is 13.8. The van der Waals surface area contributed by atoms with Gasteiger partial charge in [0.15, 0.2) is 82.7 Å². The molecule has 1 saturated heterocycles. The number of benzene rings is 1. The first kappa shape index (κ1) is 73.3. The average Bonchev–Trinajstić information content (AvgIpc) is 2.95. The molecule has 1 atom stereocenters. The normalized spacial score (nSPS) is 18.2. The summed E-state index contributed by atoms with van der Waals surface area (Å²) < 4.78 is 105. The molecule has 32 heteroatoms. The second-order valence-electron chi connectivity index (χ2n) is 30.0. The summed E-state index contributed by atoms with van der Waals surface area (Å²) in [5, 5.41) is 1.10. The summed E-state index contributed by atoms with van der Waals surface area (Å²) in [6, 6.07) is 10.3. The fourth-order valence-corrected chi connectivity index (χ4v) is 66.6. The van der Waals surface area contributed by atoms with Crippen molar-refractivity contribution >= 4 is 149 Å². The van der Waals surface area contributed by atoms with Crippen molar-refractivity contribution in [3.8, 4) is 0 Å². The molecule has 0 saturated carbocycles. The molecular weight excluding hydrogens is 1210 g/mol. The molecule has 0 aliphatic carbocycles. The summed E-state index contributed by atoms with van der Waals surface area (Å²) in [4.78, 5) is 0.